The number of ether oxygens (including phenoxy) is 3. The Morgan fingerprint density at radius 2 is 2.06 bits per heavy atom. The zero-order valence-electron chi connectivity index (χ0n) is 18.0. The Hall–Kier alpha value is -2.84. The molecule has 3 aliphatic rings. The van der Waals surface area contributed by atoms with Crippen molar-refractivity contribution in [3.8, 4) is 11.5 Å². The van der Waals surface area contributed by atoms with Crippen molar-refractivity contribution in [1.82, 2.24) is 4.90 Å². The molecule has 2 aliphatic heterocycles. The first kappa shape index (κ1) is 21.4. The zero-order chi connectivity index (χ0) is 22.6. The molecule has 1 aromatic carbocycles. The number of carboxylic acid groups (broad SMARTS) is 1. The fourth-order valence-electron chi connectivity index (χ4n) is 5.44. The van der Waals surface area contributed by atoms with Gasteiger partial charge in [0.1, 0.15) is 5.76 Å². The van der Waals surface area contributed by atoms with E-state index >= 15 is 0 Å². The molecule has 1 unspecified atom stereocenters. The third kappa shape index (κ3) is 2.96. The smallest absolute Gasteiger partial charge is 0.336 e. The Morgan fingerprint density at radius 1 is 1.32 bits per heavy atom. The number of hydrogen-bond donors (Lipinski definition) is 2. The van der Waals surface area contributed by atoms with E-state index in [-0.39, 0.29) is 18.2 Å². The lowest BCUT2D eigenvalue weighted by atomic mass is 9.54. The van der Waals surface area contributed by atoms with Gasteiger partial charge in [-0.25, -0.2) is 9.59 Å². The molecule has 166 valence electrons. The van der Waals surface area contributed by atoms with Crippen molar-refractivity contribution in [2.24, 2.45) is 0 Å². The van der Waals surface area contributed by atoms with Crippen LogP contribution >= 0.6 is 0 Å². The number of carbonyl (C=O) groups excluding carboxylic acids is 1. The maximum absolute atomic E-state index is 12.3. The van der Waals surface area contributed by atoms with Crippen LogP contribution in [0.1, 0.15) is 30.9 Å². The molecule has 0 amide bonds. The minimum atomic E-state index is -1.24. The van der Waals surface area contributed by atoms with Crippen molar-refractivity contribution in [1.29, 1.82) is 0 Å². The summed E-state index contributed by atoms with van der Waals surface area (Å²) in [6.45, 7) is 4.69. The van der Waals surface area contributed by atoms with Crippen molar-refractivity contribution in [3.05, 3.63) is 47.2 Å². The Labute approximate surface area is 180 Å². The molecule has 1 spiro atoms. The normalized spacial score (nSPS) is 31.8. The molecule has 8 heteroatoms. The van der Waals surface area contributed by atoms with Gasteiger partial charge in [0.25, 0.3) is 0 Å². The van der Waals surface area contributed by atoms with Gasteiger partial charge in [0.15, 0.2) is 17.6 Å². The average molecular weight is 429 g/mol. The highest BCUT2D eigenvalue weighted by atomic mass is 16.6. The van der Waals surface area contributed by atoms with Crippen molar-refractivity contribution in [2.75, 3.05) is 20.7 Å². The molecule has 0 radical (unpaired) electrons. The van der Waals surface area contributed by atoms with Crippen LogP contribution < -0.4 is 9.47 Å². The Bertz CT molecular complexity index is 1000. The first-order valence-electron chi connectivity index (χ1n) is 10.3. The fraction of sp³-hybridized carbons (Fsp3) is 0.478. The maximum atomic E-state index is 12.3. The summed E-state index contributed by atoms with van der Waals surface area (Å²) in [5, 5.41) is 20.9. The first-order valence-corrected chi connectivity index (χ1v) is 10.3. The molecular formula is C23H27NO7. The number of aliphatic carboxylic acids is 1. The van der Waals surface area contributed by atoms with Crippen LogP contribution in [0.3, 0.4) is 0 Å². The monoisotopic (exact) mass is 429 g/mol. The minimum absolute atomic E-state index is 0.177. The second-order valence-corrected chi connectivity index (χ2v) is 8.49. The molecule has 2 heterocycles. The van der Waals surface area contributed by atoms with E-state index in [0.717, 1.165) is 29.8 Å². The second-order valence-electron chi connectivity index (χ2n) is 8.49. The number of aryl methyl sites for hydroxylation is 1. The van der Waals surface area contributed by atoms with Crippen LogP contribution in [-0.2, 0) is 19.7 Å². The highest BCUT2D eigenvalue weighted by molar-refractivity contribution is 5.91. The lowest BCUT2D eigenvalue weighted by Gasteiger charge is -2.58. The van der Waals surface area contributed by atoms with E-state index in [1.165, 1.54) is 0 Å². The summed E-state index contributed by atoms with van der Waals surface area (Å²) in [6, 6.07) is 3.59. The Kier molecular flexibility index (Phi) is 5.10. The van der Waals surface area contributed by atoms with Gasteiger partial charge in [-0.3, -0.25) is 0 Å². The number of rotatable bonds is 4. The molecule has 4 rings (SSSR count). The maximum Gasteiger partial charge on any atom is 0.336 e. The predicted molar refractivity (Wildman–Crippen MR) is 111 cm³/mol. The number of esters is 1. The predicted octanol–water partition coefficient (Wildman–Crippen LogP) is 1.93. The number of carboxylic acids is 1. The van der Waals surface area contributed by atoms with Crippen LogP contribution in [0.4, 0.5) is 0 Å². The van der Waals surface area contributed by atoms with Crippen molar-refractivity contribution >= 4 is 11.9 Å². The number of likely N-dealkylation sites (N-methyl/N-ethyl adjacent to an activating group) is 1. The molecule has 1 saturated heterocycles. The van der Waals surface area contributed by atoms with Gasteiger partial charge < -0.3 is 29.3 Å². The van der Waals surface area contributed by atoms with Crippen LogP contribution in [0, 0.1) is 6.92 Å². The van der Waals surface area contributed by atoms with Gasteiger partial charge in [0, 0.05) is 30.2 Å². The van der Waals surface area contributed by atoms with Crippen LogP contribution in [0.2, 0.25) is 0 Å². The number of aliphatic hydroxyl groups is 1. The van der Waals surface area contributed by atoms with E-state index < -0.39 is 29.1 Å². The topological polar surface area (TPSA) is 106 Å². The highest BCUT2D eigenvalue weighted by Crippen LogP contribution is 2.62. The minimum Gasteiger partial charge on any atom is -0.493 e. The quantitative estimate of drug-likeness (QED) is 0.553. The molecule has 8 nitrogen and oxygen atoms in total. The number of hydrogen-bond acceptors (Lipinski definition) is 7. The number of likely N-dealkylation sites (tertiary alicyclic amines) is 1. The second kappa shape index (κ2) is 7.39. The van der Waals surface area contributed by atoms with E-state index in [0.29, 0.717) is 17.9 Å². The Balaban J connectivity index is 1.86. The highest BCUT2D eigenvalue weighted by Gasteiger charge is 2.69. The van der Waals surface area contributed by atoms with Crippen LogP contribution in [0.15, 0.2) is 36.1 Å². The number of methoxy groups -OCH3 is 1. The molecule has 0 bridgehead atoms. The number of piperidine rings is 1. The largest absolute Gasteiger partial charge is 0.493 e. The van der Waals surface area contributed by atoms with Gasteiger partial charge in [0.05, 0.1) is 18.1 Å². The summed E-state index contributed by atoms with van der Waals surface area (Å²) in [5.41, 5.74) is -0.165. The zero-order valence-corrected chi connectivity index (χ0v) is 18.0. The molecule has 1 aliphatic carbocycles. The van der Waals surface area contributed by atoms with Crippen LogP contribution in [0.5, 0.6) is 11.5 Å². The summed E-state index contributed by atoms with van der Waals surface area (Å²) in [5.74, 6) is -0.672. The lowest BCUT2D eigenvalue weighted by Crippen LogP contribution is -2.71. The van der Waals surface area contributed by atoms with E-state index in [9.17, 15) is 14.7 Å². The molecular weight excluding hydrogens is 402 g/mol. The average Bonchev–Trinajstić information content (AvgIpc) is 3.09. The third-order valence-corrected chi connectivity index (χ3v) is 7.12. The summed E-state index contributed by atoms with van der Waals surface area (Å²) in [7, 11) is 3.54. The molecule has 2 N–H and O–H groups in total. The van der Waals surface area contributed by atoms with Crippen LogP contribution in [0.25, 0.3) is 0 Å². The number of fused-ring (bicyclic) bond motifs is 1. The molecule has 31 heavy (non-hydrogen) atoms. The van der Waals surface area contributed by atoms with Crippen molar-refractivity contribution in [2.45, 2.75) is 49.9 Å². The van der Waals surface area contributed by atoms with Gasteiger partial charge in [0.2, 0.25) is 0 Å². The fourth-order valence-corrected chi connectivity index (χ4v) is 5.44. The number of benzene rings is 1. The molecule has 4 atom stereocenters. The van der Waals surface area contributed by atoms with Gasteiger partial charge in [-0.15, -0.1) is 0 Å². The molecule has 1 aromatic rings. The SMILES string of the molecule is COc1ccc(C)c2c1O[C@H]1C(OC(=O)/C=C/C(=O)O)=CC[C@@]3(O)C(C)N(C)CC[C@]213. The van der Waals surface area contributed by atoms with Crippen molar-refractivity contribution in [3.63, 3.8) is 0 Å². The van der Waals surface area contributed by atoms with Crippen molar-refractivity contribution < 1.29 is 34.0 Å². The first-order chi connectivity index (χ1) is 14.7. The van der Waals surface area contributed by atoms with E-state index in [1.807, 2.05) is 33.0 Å². The van der Waals surface area contributed by atoms with Gasteiger partial charge in [-0.1, -0.05) is 6.07 Å². The van der Waals surface area contributed by atoms with Gasteiger partial charge >= 0.3 is 11.9 Å². The lowest BCUT2D eigenvalue weighted by molar-refractivity contribution is -0.159. The van der Waals surface area contributed by atoms with E-state index in [4.69, 9.17) is 19.3 Å². The summed E-state index contributed by atoms with van der Waals surface area (Å²) in [6.07, 6.45) is 3.39. The summed E-state index contributed by atoms with van der Waals surface area (Å²) >= 11 is 0. The van der Waals surface area contributed by atoms with Crippen LogP contribution in [-0.4, -0.2) is 65.5 Å². The summed E-state index contributed by atoms with van der Waals surface area (Å²) in [4.78, 5) is 25.1. The standard InChI is InChI=1S/C23H27NO7/c1-13-5-6-15(29-4)20-19(13)22-11-12-24(3)14(2)23(22,28)10-9-16(21(22)31-20)30-18(27)8-7-17(25)26/h5-9,14,21,28H,10-12H2,1-4H3,(H,25,26)/b8-7+/t14?,21-,22-,23+/m0/s1. The summed E-state index contributed by atoms with van der Waals surface area (Å²) < 4.78 is 17.4. The third-order valence-electron chi connectivity index (χ3n) is 7.12. The molecule has 0 aromatic heterocycles. The van der Waals surface area contributed by atoms with E-state index in [2.05, 4.69) is 4.90 Å². The molecule has 1 fully saturated rings. The van der Waals surface area contributed by atoms with Gasteiger partial charge in [-0.05, 0) is 51.6 Å². The number of carbonyl (C=O) groups is 2. The van der Waals surface area contributed by atoms with E-state index in [1.54, 1.807) is 13.2 Å². The number of nitrogens with zero attached hydrogens (tertiary/aromatic N) is 1. The Morgan fingerprint density at radius 3 is 2.74 bits per heavy atom. The van der Waals surface area contributed by atoms with Gasteiger partial charge in [-0.2, -0.15) is 0 Å². The molecule has 0 saturated carbocycles.